The first kappa shape index (κ1) is 14.8. The summed E-state index contributed by atoms with van der Waals surface area (Å²) in [5, 5.41) is 9.23. The Kier molecular flexibility index (Phi) is 5.40. The van der Waals surface area contributed by atoms with Crippen molar-refractivity contribution < 1.29 is 19.1 Å². The van der Waals surface area contributed by atoms with Crippen molar-refractivity contribution in [3.05, 3.63) is 12.0 Å². The van der Waals surface area contributed by atoms with Gasteiger partial charge < -0.3 is 19.2 Å². The lowest BCUT2D eigenvalue weighted by Crippen LogP contribution is -2.39. The number of aliphatic hydroxyl groups is 1. The van der Waals surface area contributed by atoms with Crippen LogP contribution in [-0.2, 0) is 4.74 Å². The van der Waals surface area contributed by atoms with E-state index in [1.165, 1.54) is 25.5 Å². The molecule has 0 aromatic carbocycles. The van der Waals surface area contributed by atoms with Crippen molar-refractivity contribution in [2.75, 3.05) is 24.7 Å². The minimum Gasteiger partial charge on any atom is -0.461 e. The number of ether oxygens (including phenoxy) is 1. The van der Waals surface area contributed by atoms with E-state index >= 15 is 0 Å². The van der Waals surface area contributed by atoms with E-state index in [1.54, 1.807) is 6.92 Å². The molecule has 1 saturated carbocycles. The summed E-state index contributed by atoms with van der Waals surface area (Å²) in [6.07, 6.45) is 7.06. The normalized spacial score (nSPS) is 16.1. The summed E-state index contributed by atoms with van der Waals surface area (Å²) >= 11 is 0. The molecule has 6 heteroatoms. The van der Waals surface area contributed by atoms with Gasteiger partial charge in [0.15, 0.2) is 5.69 Å². The maximum atomic E-state index is 11.6. The van der Waals surface area contributed by atoms with Crippen molar-refractivity contribution in [1.82, 2.24) is 4.98 Å². The Morgan fingerprint density at radius 2 is 2.25 bits per heavy atom. The molecule has 1 aliphatic carbocycles. The summed E-state index contributed by atoms with van der Waals surface area (Å²) < 4.78 is 10.3. The first-order chi connectivity index (χ1) is 9.76. The standard InChI is InChI=1S/C14H22N2O4/c1-2-19-13(18)12-10-20-14(15-12)16(8-9-17)11-6-4-3-5-7-11/h10-11,17H,2-9H2,1H3. The van der Waals surface area contributed by atoms with Gasteiger partial charge in [-0.2, -0.15) is 4.98 Å². The highest BCUT2D eigenvalue weighted by Crippen LogP contribution is 2.26. The van der Waals surface area contributed by atoms with E-state index in [-0.39, 0.29) is 12.3 Å². The van der Waals surface area contributed by atoms with Crippen LogP contribution in [0.3, 0.4) is 0 Å². The Morgan fingerprint density at radius 3 is 2.90 bits per heavy atom. The number of nitrogens with zero attached hydrogens (tertiary/aromatic N) is 2. The number of rotatable bonds is 6. The molecule has 6 nitrogen and oxygen atoms in total. The third-order valence-electron chi connectivity index (χ3n) is 3.58. The molecular weight excluding hydrogens is 260 g/mol. The average molecular weight is 282 g/mol. The van der Waals surface area contributed by atoms with E-state index in [1.807, 2.05) is 4.90 Å². The van der Waals surface area contributed by atoms with Gasteiger partial charge in [0.25, 0.3) is 6.01 Å². The van der Waals surface area contributed by atoms with E-state index in [0.717, 1.165) is 12.8 Å². The smallest absolute Gasteiger partial charge is 0.360 e. The van der Waals surface area contributed by atoms with Crippen LogP contribution in [-0.4, -0.2) is 41.9 Å². The monoisotopic (exact) mass is 282 g/mol. The maximum absolute atomic E-state index is 11.6. The molecule has 0 radical (unpaired) electrons. The highest BCUT2D eigenvalue weighted by atomic mass is 16.5. The quantitative estimate of drug-likeness (QED) is 0.804. The molecule has 0 bridgehead atoms. The second-order valence-corrected chi connectivity index (χ2v) is 4.94. The predicted octanol–water partition coefficient (Wildman–Crippen LogP) is 1.98. The van der Waals surface area contributed by atoms with Crippen molar-refractivity contribution in [3.63, 3.8) is 0 Å². The first-order valence-corrected chi connectivity index (χ1v) is 7.26. The van der Waals surface area contributed by atoms with E-state index < -0.39 is 5.97 Å². The van der Waals surface area contributed by atoms with Crippen LogP contribution in [0.5, 0.6) is 0 Å². The number of esters is 1. The number of hydrogen-bond donors (Lipinski definition) is 1. The zero-order chi connectivity index (χ0) is 14.4. The third kappa shape index (κ3) is 3.50. The molecule has 0 atom stereocenters. The Morgan fingerprint density at radius 1 is 1.50 bits per heavy atom. The highest BCUT2D eigenvalue weighted by molar-refractivity contribution is 5.87. The zero-order valence-corrected chi connectivity index (χ0v) is 11.9. The molecule has 0 saturated heterocycles. The van der Waals surface area contributed by atoms with Crippen LogP contribution < -0.4 is 4.90 Å². The summed E-state index contributed by atoms with van der Waals surface area (Å²) in [5.41, 5.74) is 0.181. The van der Waals surface area contributed by atoms with Crippen LogP contribution >= 0.6 is 0 Å². The van der Waals surface area contributed by atoms with Crippen molar-refractivity contribution in [1.29, 1.82) is 0 Å². The number of carbonyl (C=O) groups excluding carboxylic acids is 1. The predicted molar refractivity (Wildman–Crippen MR) is 73.8 cm³/mol. The molecule has 2 rings (SSSR count). The number of aromatic nitrogens is 1. The van der Waals surface area contributed by atoms with Gasteiger partial charge in [0.1, 0.15) is 6.26 Å². The van der Waals surface area contributed by atoms with E-state index in [4.69, 9.17) is 9.15 Å². The molecule has 1 aromatic heterocycles. The number of aliphatic hydroxyl groups excluding tert-OH is 1. The van der Waals surface area contributed by atoms with Crippen molar-refractivity contribution in [2.24, 2.45) is 0 Å². The van der Waals surface area contributed by atoms with Crippen LogP contribution in [0.25, 0.3) is 0 Å². The molecule has 0 spiro atoms. The molecule has 1 heterocycles. The Labute approximate surface area is 118 Å². The van der Waals surface area contributed by atoms with Gasteiger partial charge in [-0.15, -0.1) is 0 Å². The fourth-order valence-corrected chi connectivity index (χ4v) is 2.63. The summed E-state index contributed by atoms with van der Waals surface area (Å²) in [6, 6.07) is 0.721. The minimum absolute atomic E-state index is 0.0353. The van der Waals surface area contributed by atoms with Crippen LogP contribution in [0.1, 0.15) is 49.5 Å². The maximum Gasteiger partial charge on any atom is 0.360 e. The van der Waals surface area contributed by atoms with Gasteiger partial charge in [-0.05, 0) is 19.8 Å². The van der Waals surface area contributed by atoms with Crippen molar-refractivity contribution >= 4 is 12.0 Å². The zero-order valence-electron chi connectivity index (χ0n) is 11.9. The first-order valence-electron chi connectivity index (χ1n) is 7.26. The lowest BCUT2D eigenvalue weighted by molar-refractivity contribution is 0.0519. The lowest BCUT2D eigenvalue weighted by atomic mass is 9.94. The minimum atomic E-state index is -0.477. The van der Waals surface area contributed by atoms with Crippen molar-refractivity contribution in [3.8, 4) is 0 Å². The number of carbonyl (C=O) groups is 1. The van der Waals surface area contributed by atoms with Crippen LogP contribution in [0, 0.1) is 0 Å². The topological polar surface area (TPSA) is 75.8 Å². The SMILES string of the molecule is CCOC(=O)c1coc(N(CCO)C2CCCCC2)n1. The number of hydrogen-bond acceptors (Lipinski definition) is 6. The van der Waals surface area contributed by atoms with Gasteiger partial charge in [-0.25, -0.2) is 4.79 Å². The summed E-state index contributed by atoms with van der Waals surface area (Å²) in [4.78, 5) is 17.8. The molecule has 112 valence electrons. The summed E-state index contributed by atoms with van der Waals surface area (Å²) in [6.45, 7) is 2.56. The number of oxazole rings is 1. The van der Waals surface area contributed by atoms with E-state index in [2.05, 4.69) is 4.98 Å². The third-order valence-corrected chi connectivity index (χ3v) is 3.58. The second-order valence-electron chi connectivity index (χ2n) is 4.94. The second kappa shape index (κ2) is 7.28. The fourth-order valence-electron chi connectivity index (χ4n) is 2.63. The van der Waals surface area contributed by atoms with Gasteiger partial charge >= 0.3 is 5.97 Å². The van der Waals surface area contributed by atoms with Crippen LogP contribution in [0.4, 0.5) is 6.01 Å². The van der Waals surface area contributed by atoms with Crippen LogP contribution in [0.15, 0.2) is 10.7 Å². The van der Waals surface area contributed by atoms with Gasteiger partial charge in [0.05, 0.1) is 13.2 Å². The molecule has 1 N–H and O–H groups in total. The average Bonchev–Trinajstić information content (AvgIpc) is 2.95. The van der Waals surface area contributed by atoms with Crippen LogP contribution in [0.2, 0.25) is 0 Å². The van der Waals surface area contributed by atoms with Gasteiger partial charge in [-0.1, -0.05) is 19.3 Å². The number of anilines is 1. The van der Waals surface area contributed by atoms with Gasteiger partial charge in [-0.3, -0.25) is 0 Å². The molecule has 0 aliphatic heterocycles. The molecular formula is C14H22N2O4. The van der Waals surface area contributed by atoms with E-state index in [9.17, 15) is 9.90 Å². The molecule has 1 aliphatic rings. The lowest BCUT2D eigenvalue weighted by Gasteiger charge is -2.32. The molecule has 0 amide bonds. The Bertz CT molecular complexity index is 427. The Balaban J connectivity index is 2.10. The van der Waals surface area contributed by atoms with Crippen molar-refractivity contribution in [2.45, 2.75) is 45.1 Å². The summed E-state index contributed by atoms with van der Waals surface area (Å²) in [5.74, 6) is -0.477. The van der Waals surface area contributed by atoms with E-state index in [0.29, 0.717) is 25.2 Å². The Hall–Kier alpha value is -1.56. The molecule has 1 fully saturated rings. The van der Waals surface area contributed by atoms with Gasteiger partial charge in [0, 0.05) is 12.6 Å². The molecule has 1 aromatic rings. The highest BCUT2D eigenvalue weighted by Gasteiger charge is 2.25. The van der Waals surface area contributed by atoms with Gasteiger partial charge in [0.2, 0.25) is 0 Å². The summed E-state index contributed by atoms with van der Waals surface area (Å²) in [7, 11) is 0. The molecule has 0 unspecified atom stereocenters. The molecule has 20 heavy (non-hydrogen) atoms. The fraction of sp³-hybridized carbons (Fsp3) is 0.714. The largest absolute Gasteiger partial charge is 0.461 e.